The van der Waals surface area contributed by atoms with Crippen molar-refractivity contribution in [2.75, 3.05) is 0 Å². The molecule has 1 aliphatic carbocycles. The number of hydrogen-bond acceptors (Lipinski definition) is 1. The van der Waals surface area contributed by atoms with Crippen molar-refractivity contribution in [1.82, 2.24) is 0 Å². The Bertz CT molecular complexity index is 578. The maximum absolute atomic E-state index is 5.68. The largest absolute Gasteiger partial charge is 0.461 e. The highest BCUT2D eigenvalue weighted by Gasteiger charge is 2.19. The minimum absolute atomic E-state index is 0.958. The fourth-order valence-electron chi connectivity index (χ4n) is 2.15. The lowest BCUT2D eigenvalue weighted by atomic mass is 10.0. The molecule has 1 aromatic heterocycles. The van der Waals surface area contributed by atoms with Gasteiger partial charge in [0.2, 0.25) is 0 Å². The number of halogens is 1. The number of furan rings is 1. The normalized spacial score (nSPS) is 13.8. The molecule has 1 aromatic carbocycles. The zero-order valence-electron chi connectivity index (χ0n) is 8.96. The van der Waals surface area contributed by atoms with Crippen LogP contribution in [0, 0.1) is 6.92 Å². The van der Waals surface area contributed by atoms with Gasteiger partial charge in [0.05, 0.1) is 0 Å². The molecule has 2 aromatic rings. The van der Waals surface area contributed by atoms with Crippen LogP contribution < -0.4 is 0 Å². The van der Waals surface area contributed by atoms with E-state index in [0.717, 1.165) is 17.9 Å². The summed E-state index contributed by atoms with van der Waals surface area (Å²) in [6.45, 7) is 1.97. The number of aryl methyl sites for hydroxylation is 1. The fraction of sp³-hybridized carbons (Fsp3) is 0.143. The molecule has 1 heterocycles. The van der Waals surface area contributed by atoms with Crippen molar-refractivity contribution in [3.8, 4) is 0 Å². The molecule has 0 saturated heterocycles. The zero-order valence-corrected chi connectivity index (χ0v) is 10.5. The third kappa shape index (κ3) is 1.45. The molecule has 80 valence electrons. The van der Waals surface area contributed by atoms with E-state index < -0.39 is 0 Å². The Balaban J connectivity index is 2.12. The standard InChI is InChI=1S/C14H11BrO/c1-9-5-8-14(16-9)12-7-6-11-10(12)3-2-4-13(11)15/h2-5,7-8H,6H2,1H3. The van der Waals surface area contributed by atoms with Crippen LogP contribution in [0.1, 0.15) is 22.6 Å². The Morgan fingerprint density at radius 1 is 1.19 bits per heavy atom. The quantitative estimate of drug-likeness (QED) is 0.754. The van der Waals surface area contributed by atoms with Crippen molar-refractivity contribution >= 4 is 21.5 Å². The van der Waals surface area contributed by atoms with Crippen LogP contribution in [0.2, 0.25) is 0 Å². The van der Waals surface area contributed by atoms with Gasteiger partial charge in [-0.25, -0.2) is 0 Å². The van der Waals surface area contributed by atoms with E-state index in [1.165, 1.54) is 21.2 Å². The summed E-state index contributed by atoms with van der Waals surface area (Å²) in [6, 6.07) is 10.3. The average Bonchev–Trinajstić information content (AvgIpc) is 2.84. The minimum atomic E-state index is 0.958. The summed E-state index contributed by atoms with van der Waals surface area (Å²) in [4.78, 5) is 0. The molecule has 0 fully saturated rings. The molecule has 0 radical (unpaired) electrons. The topological polar surface area (TPSA) is 13.1 Å². The van der Waals surface area contributed by atoms with Crippen LogP contribution in [0.15, 0.2) is 45.3 Å². The van der Waals surface area contributed by atoms with E-state index in [1.54, 1.807) is 0 Å². The van der Waals surface area contributed by atoms with Gasteiger partial charge in [-0.15, -0.1) is 0 Å². The van der Waals surface area contributed by atoms with E-state index in [9.17, 15) is 0 Å². The van der Waals surface area contributed by atoms with Crippen LogP contribution in [0.25, 0.3) is 5.57 Å². The van der Waals surface area contributed by atoms with E-state index in [1.807, 2.05) is 19.1 Å². The predicted octanol–water partition coefficient (Wildman–Crippen LogP) is 4.34. The number of rotatable bonds is 1. The van der Waals surface area contributed by atoms with Gasteiger partial charge in [-0.1, -0.05) is 34.1 Å². The number of benzene rings is 1. The molecule has 2 heteroatoms. The van der Waals surface area contributed by atoms with E-state index in [4.69, 9.17) is 4.42 Å². The molecule has 0 bridgehead atoms. The van der Waals surface area contributed by atoms with Crippen LogP contribution in [0.4, 0.5) is 0 Å². The van der Waals surface area contributed by atoms with Gasteiger partial charge in [0.15, 0.2) is 0 Å². The Hall–Kier alpha value is -1.28. The lowest BCUT2D eigenvalue weighted by Crippen LogP contribution is -1.86. The van der Waals surface area contributed by atoms with Gasteiger partial charge in [0.25, 0.3) is 0 Å². The first-order valence-electron chi connectivity index (χ1n) is 5.30. The summed E-state index contributed by atoms with van der Waals surface area (Å²) in [5.74, 6) is 1.92. The molecule has 1 aliphatic rings. The van der Waals surface area contributed by atoms with E-state index in [-0.39, 0.29) is 0 Å². The summed E-state index contributed by atoms with van der Waals surface area (Å²) >= 11 is 3.59. The molecule has 0 spiro atoms. The second-order valence-electron chi connectivity index (χ2n) is 4.00. The maximum Gasteiger partial charge on any atom is 0.134 e. The van der Waals surface area contributed by atoms with Crippen LogP contribution in [0.3, 0.4) is 0 Å². The third-order valence-corrected chi connectivity index (χ3v) is 3.67. The molecule has 0 unspecified atom stereocenters. The third-order valence-electron chi connectivity index (χ3n) is 2.93. The van der Waals surface area contributed by atoms with Crippen LogP contribution in [-0.4, -0.2) is 0 Å². The SMILES string of the molecule is Cc1ccc(C2=CCc3c(Br)cccc32)o1. The van der Waals surface area contributed by atoms with Crippen molar-refractivity contribution in [3.63, 3.8) is 0 Å². The molecule has 0 atom stereocenters. The first kappa shape index (κ1) is 9.91. The Morgan fingerprint density at radius 3 is 2.81 bits per heavy atom. The van der Waals surface area contributed by atoms with Crippen molar-refractivity contribution in [3.05, 3.63) is 63.5 Å². The Morgan fingerprint density at radius 2 is 2.06 bits per heavy atom. The minimum Gasteiger partial charge on any atom is -0.461 e. The number of fused-ring (bicyclic) bond motifs is 1. The Labute approximate surface area is 103 Å². The summed E-state index contributed by atoms with van der Waals surface area (Å²) in [6.07, 6.45) is 3.21. The van der Waals surface area contributed by atoms with Crippen molar-refractivity contribution < 1.29 is 4.42 Å². The van der Waals surface area contributed by atoms with Gasteiger partial charge in [0, 0.05) is 10.0 Å². The van der Waals surface area contributed by atoms with Gasteiger partial charge in [-0.3, -0.25) is 0 Å². The maximum atomic E-state index is 5.68. The van der Waals surface area contributed by atoms with Gasteiger partial charge in [-0.2, -0.15) is 0 Å². The lowest BCUT2D eigenvalue weighted by Gasteiger charge is -2.04. The molecular formula is C14H11BrO. The van der Waals surface area contributed by atoms with E-state index in [0.29, 0.717) is 0 Å². The van der Waals surface area contributed by atoms with Gasteiger partial charge >= 0.3 is 0 Å². The van der Waals surface area contributed by atoms with Crippen LogP contribution in [0.5, 0.6) is 0 Å². The second kappa shape index (κ2) is 3.63. The molecule has 1 nitrogen and oxygen atoms in total. The van der Waals surface area contributed by atoms with Gasteiger partial charge in [-0.05, 0) is 42.7 Å². The van der Waals surface area contributed by atoms with Crippen LogP contribution >= 0.6 is 15.9 Å². The molecule has 0 aliphatic heterocycles. The van der Waals surface area contributed by atoms with E-state index in [2.05, 4.69) is 40.2 Å². The summed E-state index contributed by atoms with van der Waals surface area (Å²) < 4.78 is 6.86. The summed E-state index contributed by atoms with van der Waals surface area (Å²) in [5, 5.41) is 0. The molecular weight excluding hydrogens is 264 g/mol. The fourth-order valence-corrected chi connectivity index (χ4v) is 2.67. The van der Waals surface area contributed by atoms with Crippen LogP contribution in [-0.2, 0) is 6.42 Å². The highest BCUT2D eigenvalue weighted by Crippen LogP contribution is 2.36. The highest BCUT2D eigenvalue weighted by molar-refractivity contribution is 9.10. The van der Waals surface area contributed by atoms with Gasteiger partial charge < -0.3 is 4.42 Å². The monoisotopic (exact) mass is 274 g/mol. The first-order valence-corrected chi connectivity index (χ1v) is 6.10. The smallest absolute Gasteiger partial charge is 0.134 e. The van der Waals surface area contributed by atoms with Crippen molar-refractivity contribution in [2.24, 2.45) is 0 Å². The second-order valence-corrected chi connectivity index (χ2v) is 4.85. The average molecular weight is 275 g/mol. The van der Waals surface area contributed by atoms with Crippen molar-refractivity contribution in [1.29, 1.82) is 0 Å². The van der Waals surface area contributed by atoms with Gasteiger partial charge in [0.1, 0.15) is 11.5 Å². The molecule has 0 N–H and O–H groups in total. The Kier molecular flexibility index (Phi) is 2.25. The summed E-state index contributed by atoms with van der Waals surface area (Å²) in [7, 11) is 0. The summed E-state index contributed by atoms with van der Waals surface area (Å²) in [5.41, 5.74) is 3.85. The van der Waals surface area contributed by atoms with E-state index >= 15 is 0 Å². The lowest BCUT2D eigenvalue weighted by molar-refractivity contribution is 0.522. The molecule has 3 rings (SSSR count). The first-order chi connectivity index (χ1) is 7.75. The highest BCUT2D eigenvalue weighted by atomic mass is 79.9. The zero-order chi connectivity index (χ0) is 11.1. The predicted molar refractivity (Wildman–Crippen MR) is 68.4 cm³/mol. The van der Waals surface area contributed by atoms with Crippen molar-refractivity contribution in [2.45, 2.75) is 13.3 Å². The molecule has 0 amide bonds. The molecule has 16 heavy (non-hydrogen) atoms. The number of allylic oxidation sites excluding steroid dienone is 1. The number of hydrogen-bond donors (Lipinski definition) is 0. The molecule has 0 saturated carbocycles.